The van der Waals surface area contributed by atoms with Gasteiger partial charge in [0.2, 0.25) is 0 Å². The molecule has 0 bridgehead atoms. The monoisotopic (exact) mass is 262 g/mol. The summed E-state index contributed by atoms with van der Waals surface area (Å²) in [5.41, 5.74) is 10.1. The van der Waals surface area contributed by atoms with Gasteiger partial charge < -0.3 is 5.73 Å². The minimum Gasteiger partial charge on any atom is -0.330 e. The van der Waals surface area contributed by atoms with Gasteiger partial charge in [0.05, 0.1) is 5.52 Å². The molecule has 0 aliphatic carbocycles. The van der Waals surface area contributed by atoms with Crippen molar-refractivity contribution in [2.45, 2.75) is 27.2 Å². The molecule has 0 fully saturated rings. The average Bonchev–Trinajstić information content (AvgIpc) is 2.34. The second kappa shape index (κ2) is 5.25. The van der Waals surface area contributed by atoms with Gasteiger partial charge in [-0.2, -0.15) is 0 Å². The first-order valence-electron chi connectivity index (χ1n) is 6.28. The summed E-state index contributed by atoms with van der Waals surface area (Å²) >= 11 is 6.17. The van der Waals surface area contributed by atoms with Crippen LogP contribution in [-0.4, -0.2) is 11.5 Å². The molecule has 1 heterocycles. The van der Waals surface area contributed by atoms with E-state index in [1.54, 1.807) is 0 Å². The van der Waals surface area contributed by atoms with Gasteiger partial charge in [-0.15, -0.1) is 0 Å². The van der Waals surface area contributed by atoms with Gasteiger partial charge in [0.25, 0.3) is 0 Å². The van der Waals surface area contributed by atoms with Crippen molar-refractivity contribution in [1.82, 2.24) is 4.98 Å². The predicted octanol–water partition coefficient (Wildman–Crippen LogP) is 3.64. The molecule has 0 spiro atoms. The van der Waals surface area contributed by atoms with Crippen LogP contribution in [0.1, 0.15) is 23.7 Å². The molecule has 0 aliphatic rings. The molecule has 0 radical (unpaired) electrons. The van der Waals surface area contributed by atoms with Gasteiger partial charge >= 0.3 is 0 Å². The van der Waals surface area contributed by atoms with Crippen molar-refractivity contribution in [2.75, 3.05) is 6.54 Å². The summed E-state index contributed by atoms with van der Waals surface area (Å²) < 4.78 is 0. The molecular weight excluding hydrogens is 244 g/mol. The fraction of sp³-hybridized carbons (Fsp3) is 0.400. The van der Waals surface area contributed by atoms with Gasteiger partial charge in [-0.1, -0.05) is 24.6 Å². The Hall–Kier alpha value is -1.12. The van der Waals surface area contributed by atoms with Crippen molar-refractivity contribution >= 4 is 22.5 Å². The van der Waals surface area contributed by atoms with Crippen LogP contribution in [0.3, 0.4) is 0 Å². The van der Waals surface area contributed by atoms with E-state index in [0.717, 1.165) is 28.2 Å². The van der Waals surface area contributed by atoms with E-state index in [0.29, 0.717) is 12.5 Å². The number of halogens is 1. The molecule has 1 atom stereocenters. The fourth-order valence-electron chi connectivity index (χ4n) is 2.24. The smallest absolute Gasteiger partial charge is 0.0751 e. The highest BCUT2D eigenvalue weighted by molar-refractivity contribution is 6.32. The highest BCUT2D eigenvalue weighted by atomic mass is 35.5. The third-order valence-corrected chi connectivity index (χ3v) is 3.76. The zero-order valence-electron chi connectivity index (χ0n) is 11.1. The van der Waals surface area contributed by atoms with Crippen LogP contribution >= 0.6 is 11.6 Å². The van der Waals surface area contributed by atoms with E-state index in [-0.39, 0.29) is 0 Å². The van der Waals surface area contributed by atoms with E-state index in [2.05, 4.69) is 24.0 Å². The van der Waals surface area contributed by atoms with E-state index in [1.807, 2.05) is 19.9 Å². The molecule has 3 heteroatoms. The van der Waals surface area contributed by atoms with Gasteiger partial charge in [0.1, 0.15) is 0 Å². The zero-order chi connectivity index (χ0) is 13.3. The molecule has 18 heavy (non-hydrogen) atoms. The first-order chi connectivity index (χ1) is 8.52. The lowest BCUT2D eigenvalue weighted by Gasteiger charge is -2.13. The van der Waals surface area contributed by atoms with E-state index in [1.165, 1.54) is 10.9 Å². The zero-order valence-corrected chi connectivity index (χ0v) is 11.9. The normalized spacial score (nSPS) is 12.9. The van der Waals surface area contributed by atoms with Crippen LogP contribution in [0, 0.1) is 19.8 Å². The topological polar surface area (TPSA) is 38.9 Å². The lowest BCUT2D eigenvalue weighted by atomic mass is 9.96. The number of hydrogen-bond acceptors (Lipinski definition) is 2. The van der Waals surface area contributed by atoms with Gasteiger partial charge in [-0.25, -0.2) is 0 Å². The van der Waals surface area contributed by atoms with Crippen molar-refractivity contribution in [3.8, 4) is 0 Å². The van der Waals surface area contributed by atoms with E-state index in [4.69, 9.17) is 17.3 Å². The van der Waals surface area contributed by atoms with Crippen LogP contribution in [0.25, 0.3) is 10.9 Å². The first-order valence-corrected chi connectivity index (χ1v) is 6.66. The van der Waals surface area contributed by atoms with E-state index >= 15 is 0 Å². The number of pyridine rings is 1. The van der Waals surface area contributed by atoms with E-state index < -0.39 is 0 Å². The summed E-state index contributed by atoms with van der Waals surface area (Å²) in [5, 5.41) is 1.97. The number of rotatable bonds is 3. The second-order valence-corrected chi connectivity index (χ2v) is 5.44. The summed E-state index contributed by atoms with van der Waals surface area (Å²) in [6, 6.07) is 6.17. The fourth-order valence-corrected chi connectivity index (χ4v) is 2.40. The van der Waals surface area contributed by atoms with Crippen LogP contribution in [-0.2, 0) is 6.42 Å². The van der Waals surface area contributed by atoms with Crippen LogP contribution in [0.15, 0.2) is 18.2 Å². The number of benzene rings is 1. The van der Waals surface area contributed by atoms with Crippen molar-refractivity contribution < 1.29 is 0 Å². The van der Waals surface area contributed by atoms with Crippen LogP contribution < -0.4 is 5.73 Å². The number of fused-ring (bicyclic) bond motifs is 1. The molecule has 0 saturated heterocycles. The highest BCUT2D eigenvalue weighted by Crippen LogP contribution is 2.28. The lowest BCUT2D eigenvalue weighted by molar-refractivity contribution is 0.595. The molecule has 2 rings (SSSR count). The van der Waals surface area contributed by atoms with Crippen LogP contribution in [0.5, 0.6) is 0 Å². The third-order valence-electron chi connectivity index (χ3n) is 3.35. The minimum absolute atomic E-state index is 0.478. The maximum Gasteiger partial charge on any atom is 0.0751 e. The predicted molar refractivity (Wildman–Crippen MR) is 78.1 cm³/mol. The van der Waals surface area contributed by atoms with Gasteiger partial charge in [-0.05, 0) is 56.0 Å². The largest absolute Gasteiger partial charge is 0.330 e. The van der Waals surface area contributed by atoms with Crippen molar-refractivity contribution in [1.29, 1.82) is 0 Å². The quantitative estimate of drug-likeness (QED) is 0.917. The number of nitrogens with two attached hydrogens (primary N) is 1. The molecule has 96 valence electrons. The van der Waals surface area contributed by atoms with Crippen LogP contribution in [0.4, 0.5) is 0 Å². The van der Waals surface area contributed by atoms with Crippen molar-refractivity contribution in [3.63, 3.8) is 0 Å². The maximum absolute atomic E-state index is 6.17. The number of aromatic nitrogens is 1. The summed E-state index contributed by atoms with van der Waals surface area (Å²) in [7, 11) is 0. The Labute approximate surface area is 113 Å². The molecule has 0 aliphatic heterocycles. The molecule has 2 nitrogen and oxygen atoms in total. The Morgan fingerprint density at radius 1 is 1.33 bits per heavy atom. The molecule has 1 unspecified atom stereocenters. The van der Waals surface area contributed by atoms with Crippen LogP contribution in [0.2, 0.25) is 5.02 Å². The molecule has 2 N–H and O–H groups in total. The molecule has 0 saturated carbocycles. The number of hydrogen-bond donors (Lipinski definition) is 1. The molecular formula is C15H19ClN2. The van der Waals surface area contributed by atoms with Crippen molar-refractivity contribution in [2.24, 2.45) is 11.7 Å². The summed E-state index contributed by atoms with van der Waals surface area (Å²) in [6.45, 7) is 6.92. The Morgan fingerprint density at radius 3 is 2.72 bits per heavy atom. The molecule has 0 amide bonds. The Balaban J connectivity index is 2.63. The second-order valence-electron chi connectivity index (χ2n) is 5.04. The summed E-state index contributed by atoms with van der Waals surface area (Å²) in [4.78, 5) is 4.61. The Bertz CT molecular complexity index is 578. The SMILES string of the molecule is Cc1cc(CC(C)CN)c2ccc(Cl)c(C)c2n1. The lowest BCUT2D eigenvalue weighted by Crippen LogP contribution is -2.13. The van der Waals surface area contributed by atoms with Crippen molar-refractivity contribution in [3.05, 3.63) is 40.0 Å². The summed E-state index contributed by atoms with van der Waals surface area (Å²) in [5.74, 6) is 0.478. The maximum atomic E-state index is 6.17. The Kier molecular flexibility index (Phi) is 3.88. The summed E-state index contributed by atoms with van der Waals surface area (Å²) in [6.07, 6.45) is 0.984. The molecule has 1 aromatic carbocycles. The number of nitrogens with zero attached hydrogens (tertiary/aromatic N) is 1. The first kappa shape index (κ1) is 13.3. The third kappa shape index (κ3) is 2.50. The minimum atomic E-state index is 0.478. The number of aryl methyl sites for hydroxylation is 2. The Morgan fingerprint density at radius 2 is 2.06 bits per heavy atom. The molecule has 1 aromatic heterocycles. The average molecular weight is 263 g/mol. The standard InChI is InChI=1S/C15H19ClN2/c1-9(8-17)6-12-7-10(2)18-15-11(3)14(16)5-4-13(12)15/h4-5,7,9H,6,8,17H2,1-3H3. The van der Waals surface area contributed by atoms with E-state index in [9.17, 15) is 0 Å². The highest BCUT2D eigenvalue weighted by Gasteiger charge is 2.10. The van der Waals surface area contributed by atoms with Gasteiger partial charge in [-0.3, -0.25) is 4.98 Å². The van der Waals surface area contributed by atoms with Gasteiger partial charge in [0, 0.05) is 16.1 Å². The van der Waals surface area contributed by atoms with Gasteiger partial charge in [0.15, 0.2) is 0 Å². The molecule has 2 aromatic rings.